The summed E-state index contributed by atoms with van der Waals surface area (Å²) < 4.78 is 15.5. The monoisotopic (exact) mass is 473 g/mol. The van der Waals surface area contributed by atoms with Gasteiger partial charge >= 0.3 is 5.97 Å². The van der Waals surface area contributed by atoms with Crippen LogP contribution in [0.15, 0.2) is 42.0 Å². The molecule has 1 fully saturated rings. The normalized spacial score (nSPS) is 17.4. The number of esters is 1. The molecule has 2 aromatic rings. The molecule has 1 amide bonds. The summed E-state index contributed by atoms with van der Waals surface area (Å²) in [4.78, 5) is 38.5. The molecule has 0 saturated carbocycles. The molecule has 9 heteroatoms. The lowest BCUT2D eigenvalue weighted by molar-refractivity contribution is -0.140. The highest BCUT2D eigenvalue weighted by atomic mass is 35.5. The molecule has 0 radical (unpaired) electrons. The first-order valence-electron chi connectivity index (χ1n) is 10.1. The van der Waals surface area contributed by atoms with Crippen LogP contribution in [0.2, 0.25) is 5.02 Å². The van der Waals surface area contributed by atoms with E-state index in [0.717, 1.165) is 5.56 Å². The summed E-state index contributed by atoms with van der Waals surface area (Å²) in [6.45, 7) is 3.38. The third-order valence-corrected chi connectivity index (χ3v) is 5.46. The van der Waals surface area contributed by atoms with Crippen LogP contribution in [0.5, 0.6) is 11.5 Å². The molecule has 1 unspecified atom stereocenters. The van der Waals surface area contributed by atoms with Gasteiger partial charge in [0.05, 0.1) is 35.9 Å². The third-order valence-electron chi connectivity index (χ3n) is 5.18. The number of carbonyl (C=O) groups is 3. The van der Waals surface area contributed by atoms with Crippen molar-refractivity contribution in [3.8, 4) is 11.5 Å². The number of halogens is 1. The van der Waals surface area contributed by atoms with Crippen LogP contribution in [-0.4, -0.2) is 55.0 Å². The predicted octanol–water partition coefficient (Wildman–Crippen LogP) is 3.65. The smallest absolute Gasteiger partial charge is 0.308 e. The number of likely N-dealkylation sites (tertiary alicyclic amines) is 1. The van der Waals surface area contributed by atoms with E-state index in [4.69, 9.17) is 25.8 Å². The highest BCUT2D eigenvalue weighted by Gasteiger charge is 2.46. The van der Waals surface area contributed by atoms with Gasteiger partial charge in [0.15, 0.2) is 0 Å². The zero-order chi connectivity index (χ0) is 24.3. The molecule has 0 bridgehead atoms. The Morgan fingerprint density at radius 3 is 2.39 bits per heavy atom. The largest absolute Gasteiger partial charge is 0.507 e. The lowest BCUT2D eigenvalue weighted by atomic mass is 9.94. The van der Waals surface area contributed by atoms with Crippen LogP contribution in [0, 0.1) is 6.92 Å². The van der Waals surface area contributed by atoms with E-state index in [1.165, 1.54) is 26.0 Å². The maximum atomic E-state index is 13.1. The lowest BCUT2D eigenvalue weighted by Gasteiger charge is -2.25. The van der Waals surface area contributed by atoms with Crippen LogP contribution < -0.4 is 9.47 Å². The average Bonchev–Trinajstić information content (AvgIpc) is 3.01. The van der Waals surface area contributed by atoms with E-state index in [-0.39, 0.29) is 35.1 Å². The van der Waals surface area contributed by atoms with E-state index in [9.17, 15) is 19.5 Å². The molecule has 1 aliphatic rings. The van der Waals surface area contributed by atoms with E-state index in [1.54, 1.807) is 43.3 Å². The Hall–Kier alpha value is -3.36. The van der Waals surface area contributed by atoms with Crippen molar-refractivity contribution < 1.29 is 33.7 Å². The molecular formula is C24H24ClNO7. The number of aliphatic hydroxyl groups is 1. The molecule has 3 rings (SSSR count). The molecule has 0 spiro atoms. The number of nitrogens with zero attached hydrogens (tertiary/aromatic N) is 1. The number of carbonyl (C=O) groups excluding carboxylic acids is 3. The van der Waals surface area contributed by atoms with Crippen LogP contribution in [0.25, 0.3) is 5.76 Å². The first-order valence-corrected chi connectivity index (χ1v) is 10.5. The van der Waals surface area contributed by atoms with Crippen molar-refractivity contribution in [2.24, 2.45) is 0 Å². The van der Waals surface area contributed by atoms with E-state index < -0.39 is 29.5 Å². The fourth-order valence-corrected chi connectivity index (χ4v) is 4.14. The van der Waals surface area contributed by atoms with Gasteiger partial charge in [-0.25, -0.2) is 0 Å². The summed E-state index contributed by atoms with van der Waals surface area (Å²) >= 11 is 6.28. The molecule has 8 nitrogen and oxygen atoms in total. The standard InChI is InChI=1S/C24H24ClNO7/c1-13-11-17(23(32-4)18(25)12-13)21(28)19-20(26(9-10-31-3)24(30)22(19)29)15-5-7-16(8-6-15)33-14(2)27/h5-8,11-12,20,28H,9-10H2,1-4H3/b21-19+. The van der Waals surface area contributed by atoms with Gasteiger partial charge in [-0.05, 0) is 42.3 Å². The van der Waals surface area contributed by atoms with Gasteiger partial charge in [-0.1, -0.05) is 23.7 Å². The number of amides is 1. The summed E-state index contributed by atoms with van der Waals surface area (Å²) in [6.07, 6.45) is 0. The first kappa shape index (κ1) is 24.3. The maximum Gasteiger partial charge on any atom is 0.308 e. The van der Waals surface area contributed by atoms with Gasteiger partial charge in [0.1, 0.15) is 17.3 Å². The van der Waals surface area contributed by atoms with Crippen LogP contribution in [0.1, 0.15) is 29.7 Å². The molecule has 1 N–H and O–H groups in total. The van der Waals surface area contributed by atoms with Gasteiger partial charge in [0.25, 0.3) is 11.7 Å². The van der Waals surface area contributed by atoms with Gasteiger partial charge in [0.2, 0.25) is 0 Å². The van der Waals surface area contributed by atoms with Crippen molar-refractivity contribution in [3.05, 3.63) is 63.7 Å². The number of hydrogen-bond acceptors (Lipinski definition) is 7. The van der Waals surface area contributed by atoms with Gasteiger partial charge < -0.3 is 24.2 Å². The second kappa shape index (κ2) is 10.1. The number of benzene rings is 2. The molecule has 2 aromatic carbocycles. The van der Waals surface area contributed by atoms with Crippen LogP contribution >= 0.6 is 11.6 Å². The second-order valence-corrected chi connectivity index (χ2v) is 7.88. The van der Waals surface area contributed by atoms with E-state index >= 15 is 0 Å². The lowest BCUT2D eigenvalue weighted by Crippen LogP contribution is -2.32. The molecular weight excluding hydrogens is 450 g/mol. The van der Waals surface area contributed by atoms with Crippen molar-refractivity contribution in [2.45, 2.75) is 19.9 Å². The topological polar surface area (TPSA) is 102 Å². The van der Waals surface area contributed by atoms with Crippen molar-refractivity contribution in [1.82, 2.24) is 4.90 Å². The van der Waals surface area contributed by atoms with Gasteiger partial charge in [-0.2, -0.15) is 0 Å². The minimum absolute atomic E-state index is 0.101. The first-order chi connectivity index (χ1) is 15.7. The Kier molecular flexibility index (Phi) is 7.40. The molecule has 0 aliphatic carbocycles. The van der Waals surface area contributed by atoms with Crippen molar-refractivity contribution in [2.75, 3.05) is 27.4 Å². The minimum atomic E-state index is -0.893. The van der Waals surface area contributed by atoms with Crippen LogP contribution in [0.4, 0.5) is 0 Å². The number of methoxy groups -OCH3 is 2. The maximum absolute atomic E-state index is 13.1. The number of hydrogen-bond donors (Lipinski definition) is 1. The van der Waals surface area contributed by atoms with E-state index in [0.29, 0.717) is 11.3 Å². The van der Waals surface area contributed by atoms with Crippen molar-refractivity contribution >= 4 is 35.0 Å². The van der Waals surface area contributed by atoms with Crippen molar-refractivity contribution in [1.29, 1.82) is 0 Å². The Bertz CT molecular complexity index is 1120. The number of Topliss-reactive ketones (excluding diaryl/α,β-unsaturated/α-hetero) is 1. The molecule has 174 valence electrons. The predicted molar refractivity (Wildman–Crippen MR) is 121 cm³/mol. The van der Waals surface area contributed by atoms with Gasteiger partial charge in [-0.15, -0.1) is 0 Å². The Morgan fingerprint density at radius 1 is 1.15 bits per heavy atom. The average molecular weight is 474 g/mol. The second-order valence-electron chi connectivity index (χ2n) is 7.48. The number of aryl methyl sites for hydroxylation is 1. The van der Waals surface area contributed by atoms with E-state index in [1.807, 2.05) is 0 Å². The van der Waals surface area contributed by atoms with Crippen LogP contribution in [0.3, 0.4) is 0 Å². The minimum Gasteiger partial charge on any atom is -0.507 e. The summed E-state index contributed by atoms with van der Waals surface area (Å²) in [5.41, 5.74) is 1.38. The highest BCUT2D eigenvalue weighted by Crippen LogP contribution is 2.42. The van der Waals surface area contributed by atoms with E-state index in [2.05, 4.69) is 0 Å². The summed E-state index contributed by atoms with van der Waals surface area (Å²) in [7, 11) is 2.88. The number of rotatable bonds is 7. The highest BCUT2D eigenvalue weighted by molar-refractivity contribution is 6.46. The summed E-state index contributed by atoms with van der Waals surface area (Å²) in [6, 6.07) is 8.76. The summed E-state index contributed by atoms with van der Waals surface area (Å²) in [5, 5.41) is 11.5. The number of ether oxygens (including phenoxy) is 3. The SMILES string of the molecule is COCCN1C(=O)C(=O)/C(=C(/O)c2cc(C)cc(Cl)c2OC)C1c1ccc(OC(C)=O)cc1. The van der Waals surface area contributed by atoms with Crippen LogP contribution in [-0.2, 0) is 19.1 Å². The molecule has 0 aromatic heterocycles. The summed E-state index contributed by atoms with van der Waals surface area (Å²) in [5.74, 6) is -1.97. The zero-order valence-corrected chi connectivity index (χ0v) is 19.4. The Morgan fingerprint density at radius 2 is 1.82 bits per heavy atom. The Labute approximate surface area is 196 Å². The fourth-order valence-electron chi connectivity index (χ4n) is 3.79. The van der Waals surface area contributed by atoms with Crippen molar-refractivity contribution in [3.63, 3.8) is 0 Å². The van der Waals surface area contributed by atoms with Gasteiger partial charge in [-0.3, -0.25) is 14.4 Å². The molecule has 1 aliphatic heterocycles. The molecule has 33 heavy (non-hydrogen) atoms. The number of aliphatic hydroxyl groups excluding tert-OH is 1. The molecule has 1 atom stereocenters. The fraction of sp³-hybridized carbons (Fsp3) is 0.292. The Balaban J connectivity index is 2.20. The zero-order valence-electron chi connectivity index (χ0n) is 18.7. The molecule has 1 saturated heterocycles. The third kappa shape index (κ3) is 4.86. The quantitative estimate of drug-likeness (QED) is 0.215. The number of ketones is 1. The van der Waals surface area contributed by atoms with Gasteiger partial charge in [0, 0.05) is 20.6 Å². The molecule has 1 heterocycles.